The summed E-state index contributed by atoms with van der Waals surface area (Å²) in [5.41, 5.74) is 3.16. The molecule has 0 unspecified atom stereocenters. The summed E-state index contributed by atoms with van der Waals surface area (Å²) in [6.45, 7) is 6.30. The number of carbonyl (C=O) groups is 2. The molecule has 8 nitrogen and oxygen atoms in total. The minimum atomic E-state index is -0.638. The first-order chi connectivity index (χ1) is 17.0. The molecule has 1 N–H and O–H groups in total. The third-order valence-corrected chi connectivity index (χ3v) is 7.01. The normalized spacial score (nSPS) is 19.2. The summed E-state index contributed by atoms with van der Waals surface area (Å²) >= 11 is 0. The van der Waals surface area contributed by atoms with Crippen molar-refractivity contribution in [2.75, 3.05) is 45.9 Å². The maximum atomic E-state index is 13.2. The predicted molar refractivity (Wildman–Crippen MR) is 131 cm³/mol. The van der Waals surface area contributed by atoms with E-state index in [2.05, 4.69) is 29.2 Å². The van der Waals surface area contributed by atoms with Gasteiger partial charge in [0, 0.05) is 38.7 Å². The van der Waals surface area contributed by atoms with E-state index in [1.165, 1.54) is 11.1 Å². The highest BCUT2D eigenvalue weighted by molar-refractivity contribution is 5.97. The van der Waals surface area contributed by atoms with Crippen LogP contribution in [0.1, 0.15) is 34.8 Å². The number of aliphatic hydroxyl groups is 1. The molecule has 0 radical (unpaired) electrons. The number of carbonyl (C=O) groups excluding carboxylic acids is 2. The van der Waals surface area contributed by atoms with Gasteiger partial charge in [-0.15, -0.1) is 0 Å². The number of hydrogen-bond donors (Lipinski definition) is 1. The van der Waals surface area contributed by atoms with Crippen LogP contribution in [0.15, 0.2) is 42.5 Å². The highest BCUT2D eigenvalue weighted by Gasteiger charge is 2.32. The number of likely N-dealkylation sites (tertiary alicyclic amines) is 1. The van der Waals surface area contributed by atoms with Crippen LogP contribution in [0.25, 0.3) is 0 Å². The number of benzene rings is 2. The van der Waals surface area contributed by atoms with E-state index in [1.807, 2.05) is 6.92 Å². The summed E-state index contributed by atoms with van der Waals surface area (Å²) in [7, 11) is 0. The Morgan fingerprint density at radius 1 is 1.14 bits per heavy atom. The average molecular weight is 480 g/mol. The van der Waals surface area contributed by atoms with Gasteiger partial charge in [-0.1, -0.05) is 31.2 Å². The van der Waals surface area contributed by atoms with Crippen molar-refractivity contribution in [2.45, 2.75) is 38.5 Å². The minimum absolute atomic E-state index is 0.0431. The zero-order valence-corrected chi connectivity index (χ0v) is 20.2. The summed E-state index contributed by atoms with van der Waals surface area (Å²) in [6.07, 6.45) is 0.795. The lowest BCUT2D eigenvalue weighted by Crippen LogP contribution is -2.56. The monoisotopic (exact) mass is 479 g/mol. The Hall–Kier alpha value is -3.10. The van der Waals surface area contributed by atoms with Crippen molar-refractivity contribution >= 4 is 11.8 Å². The topological polar surface area (TPSA) is 82.6 Å². The van der Waals surface area contributed by atoms with E-state index in [-0.39, 0.29) is 24.5 Å². The van der Waals surface area contributed by atoms with E-state index in [0.29, 0.717) is 56.3 Å². The Morgan fingerprint density at radius 3 is 2.74 bits per heavy atom. The van der Waals surface area contributed by atoms with E-state index < -0.39 is 6.10 Å². The van der Waals surface area contributed by atoms with Crippen LogP contribution in [-0.4, -0.2) is 89.7 Å². The Kier molecular flexibility index (Phi) is 6.92. The van der Waals surface area contributed by atoms with Crippen LogP contribution in [-0.2, 0) is 17.8 Å². The van der Waals surface area contributed by atoms with E-state index in [1.54, 1.807) is 28.0 Å². The van der Waals surface area contributed by atoms with Gasteiger partial charge in [0.15, 0.2) is 0 Å². The molecule has 2 aromatic rings. The van der Waals surface area contributed by atoms with Crippen LogP contribution in [0.5, 0.6) is 11.5 Å². The lowest BCUT2D eigenvalue weighted by molar-refractivity contribution is -0.139. The molecule has 8 heteroatoms. The molecule has 1 saturated heterocycles. The van der Waals surface area contributed by atoms with E-state index in [0.717, 1.165) is 19.5 Å². The first-order valence-corrected chi connectivity index (χ1v) is 12.5. The number of nitrogens with zero attached hydrogens (tertiary/aromatic N) is 3. The molecule has 5 rings (SSSR count). The molecule has 2 aromatic carbocycles. The second-order valence-electron chi connectivity index (χ2n) is 9.56. The lowest BCUT2D eigenvalue weighted by Gasteiger charge is -2.38. The molecule has 3 heterocycles. The van der Waals surface area contributed by atoms with Crippen molar-refractivity contribution in [3.63, 3.8) is 0 Å². The summed E-state index contributed by atoms with van der Waals surface area (Å²) < 4.78 is 11.8. The van der Waals surface area contributed by atoms with Gasteiger partial charge in [-0.05, 0) is 29.7 Å². The smallest absolute Gasteiger partial charge is 0.257 e. The summed E-state index contributed by atoms with van der Waals surface area (Å²) in [5.74, 6) is 1.12. The van der Waals surface area contributed by atoms with Crippen molar-refractivity contribution in [3.8, 4) is 11.5 Å². The molecule has 3 aliphatic rings. The first kappa shape index (κ1) is 23.6. The average Bonchev–Trinajstić information content (AvgIpc) is 2.99. The van der Waals surface area contributed by atoms with Crippen molar-refractivity contribution in [3.05, 3.63) is 59.2 Å². The van der Waals surface area contributed by atoms with Crippen LogP contribution in [0.2, 0.25) is 0 Å². The largest absolute Gasteiger partial charge is 0.491 e. The minimum Gasteiger partial charge on any atom is -0.491 e. The standard InChI is InChI=1S/C27H33N3O5/c1-2-26(32)30-17-23(18-30)35-22-7-8-24-25(13-22)34-12-11-29(27(24)33)16-21(31)15-28-10-9-19-5-3-4-6-20(19)14-28/h3-8,13,21,23,31H,2,9-12,14-18H2,1H3/t21-/m1/s1. The highest BCUT2D eigenvalue weighted by atomic mass is 16.5. The fourth-order valence-corrected chi connectivity index (χ4v) is 5.04. The number of rotatable bonds is 7. The van der Waals surface area contributed by atoms with Gasteiger partial charge in [-0.25, -0.2) is 0 Å². The SMILES string of the molecule is CCC(=O)N1CC(Oc2ccc3c(c2)OCCN(C[C@H](O)CN2CCc4ccccc4C2)C3=O)C1. The number of fused-ring (bicyclic) bond motifs is 2. The third kappa shape index (κ3) is 5.28. The molecule has 0 bridgehead atoms. The van der Waals surface area contributed by atoms with Crippen LogP contribution >= 0.6 is 0 Å². The zero-order valence-electron chi connectivity index (χ0n) is 20.2. The highest BCUT2D eigenvalue weighted by Crippen LogP contribution is 2.30. The molecule has 1 fully saturated rings. The van der Waals surface area contributed by atoms with Gasteiger partial charge in [0.05, 0.1) is 31.3 Å². The Labute approximate surface area is 206 Å². The van der Waals surface area contributed by atoms with E-state index >= 15 is 0 Å². The Bertz CT molecular complexity index is 1080. The van der Waals surface area contributed by atoms with Gasteiger partial charge in [0.25, 0.3) is 5.91 Å². The van der Waals surface area contributed by atoms with Gasteiger partial charge in [-0.2, -0.15) is 0 Å². The number of β-amino-alcohol motifs (C(OH)–C–C–N with tert-alkyl or cyclic N) is 1. The second kappa shape index (κ2) is 10.3. The molecular weight excluding hydrogens is 446 g/mol. The number of amides is 2. The summed E-state index contributed by atoms with van der Waals surface area (Å²) in [6, 6.07) is 13.7. The zero-order chi connectivity index (χ0) is 24.4. The molecular formula is C27H33N3O5. The molecule has 1 atom stereocenters. The molecule has 35 heavy (non-hydrogen) atoms. The predicted octanol–water partition coefficient (Wildman–Crippen LogP) is 1.94. The van der Waals surface area contributed by atoms with Crippen molar-refractivity contribution in [2.24, 2.45) is 0 Å². The molecule has 186 valence electrons. The quantitative estimate of drug-likeness (QED) is 0.654. The van der Waals surface area contributed by atoms with Gasteiger partial charge in [0.1, 0.15) is 24.2 Å². The Morgan fingerprint density at radius 2 is 1.94 bits per heavy atom. The Balaban J connectivity index is 1.16. The van der Waals surface area contributed by atoms with Crippen LogP contribution in [0.3, 0.4) is 0 Å². The van der Waals surface area contributed by atoms with Crippen LogP contribution in [0.4, 0.5) is 0 Å². The first-order valence-electron chi connectivity index (χ1n) is 12.5. The van der Waals surface area contributed by atoms with Crippen molar-refractivity contribution < 1.29 is 24.2 Å². The van der Waals surface area contributed by atoms with Gasteiger partial charge in [-0.3, -0.25) is 14.5 Å². The molecule has 3 aliphatic heterocycles. The van der Waals surface area contributed by atoms with Crippen molar-refractivity contribution in [1.29, 1.82) is 0 Å². The van der Waals surface area contributed by atoms with Crippen molar-refractivity contribution in [1.82, 2.24) is 14.7 Å². The van der Waals surface area contributed by atoms with E-state index in [4.69, 9.17) is 9.47 Å². The molecule has 0 spiro atoms. The molecule has 2 amide bonds. The van der Waals surface area contributed by atoms with Gasteiger partial charge in [0.2, 0.25) is 5.91 Å². The fraction of sp³-hybridized carbons (Fsp3) is 0.481. The number of hydrogen-bond acceptors (Lipinski definition) is 6. The maximum absolute atomic E-state index is 13.2. The molecule has 0 aromatic heterocycles. The van der Waals surface area contributed by atoms with E-state index in [9.17, 15) is 14.7 Å². The third-order valence-electron chi connectivity index (χ3n) is 7.01. The van der Waals surface area contributed by atoms with Gasteiger partial charge >= 0.3 is 0 Å². The maximum Gasteiger partial charge on any atom is 0.257 e. The molecule has 0 saturated carbocycles. The van der Waals surface area contributed by atoms with Crippen LogP contribution in [0, 0.1) is 0 Å². The van der Waals surface area contributed by atoms with Crippen LogP contribution < -0.4 is 9.47 Å². The lowest BCUT2D eigenvalue weighted by atomic mass is 10.00. The number of ether oxygens (including phenoxy) is 2. The second-order valence-corrected chi connectivity index (χ2v) is 9.56. The number of aliphatic hydroxyl groups excluding tert-OH is 1. The fourth-order valence-electron chi connectivity index (χ4n) is 5.04. The summed E-state index contributed by atoms with van der Waals surface area (Å²) in [5, 5.41) is 10.8. The summed E-state index contributed by atoms with van der Waals surface area (Å²) in [4.78, 5) is 30.6. The van der Waals surface area contributed by atoms with Gasteiger partial charge < -0.3 is 24.4 Å². The molecule has 0 aliphatic carbocycles.